The highest BCUT2D eigenvalue weighted by molar-refractivity contribution is 7.92. The Morgan fingerprint density at radius 2 is 1.63 bits per heavy atom. The molecule has 0 aromatic heterocycles. The van der Waals surface area contributed by atoms with Crippen LogP contribution in [0.5, 0.6) is 11.5 Å². The summed E-state index contributed by atoms with van der Waals surface area (Å²) < 4.78 is 38.4. The largest absolute Gasteiger partial charge is 0.497 e. The summed E-state index contributed by atoms with van der Waals surface area (Å²) in [6, 6.07) is 20.0. The molecule has 0 radical (unpaired) electrons. The maximum atomic E-state index is 13.4. The number of sulfonamides is 1. The molecular formula is C26H27N3O5S. The number of benzene rings is 3. The minimum absolute atomic E-state index is 0.0361. The Morgan fingerprint density at radius 1 is 1.00 bits per heavy atom. The fraction of sp³-hybridized carbons (Fsp3) is 0.154. The van der Waals surface area contributed by atoms with Crippen LogP contribution in [0.2, 0.25) is 0 Å². The van der Waals surface area contributed by atoms with E-state index in [0.29, 0.717) is 23.8 Å². The number of methoxy groups -OCH3 is 1. The third-order valence-electron chi connectivity index (χ3n) is 4.91. The number of carbonyl (C=O) groups excluding carboxylic acids is 1. The Hall–Kier alpha value is -4.11. The Morgan fingerprint density at radius 3 is 2.23 bits per heavy atom. The van der Waals surface area contributed by atoms with Crippen molar-refractivity contribution in [1.82, 2.24) is 5.43 Å². The van der Waals surface area contributed by atoms with Crippen molar-refractivity contribution >= 4 is 27.8 Å². The van der Waals surface area contributed by atoms with E-state index in [9.17, 15) is 13.2 Å². The fourth-order valence-electron chi connectivity index (χ4n) is 3.05. The van der Waals surface area contributed by atoms with Gasteiger partial charge < -0.3 is 9.47 Å². The fourth-order valence-corrected chi connectivity index (χ4v) is 4.47. The summed E-state index contributed by atoms with van der Waals surface area (Å²) in [5.41, 5.74) is 4.45. The zero-order chi connectivity index (χ0) is 25.3. The lowest BCUT2D eigenvalue weighted by Gasteiger charge is -2.24. The summed E-state index contributed by atoms with van der Waals surface area (Å²) in [6.45, 7) is 5.44. The average Bonchev–Trinajstić information content (AvgIpc) is 2.87. The van der Waals surface area contributed by atoms with Crippen molar-refractivity contribution in [3.8, 4) is 11.5 Å². The van der Waals surface area contributed by atoms with E-state index >= 15 is 0 Å². The maximum Gasteiger partial charge on any atom is 0.264 e. The number of amides is 1. The molecule has 9 heteroatoms. The van der Waals surface area contributed by atoms with E-state index in [1.807, 2.05) is 6.92 Å². The number of ether oxygens (including phenoxy) is 2. The van der Waals surface area contributed by atoms with Gasteiger partial charge in [0.15, 0.2) is 0 Å². The number of rotatable bonds is 11. The Kier molecular flexibility index (Phi) is 8.63. The number of carbonyl (C=O) groups is 1. The maximum absolute atomic E-state index is 13.4. The summed E-state index contributed by atoms with van der Waals surface area (Å²) >= 11 is 0. The third-order valence-corrected chi connectivity index (χ3v) is 6.70. The van der Waals surface area contributed by atoms with Gasteiger partial charge in [0.2, 0.25) is 0 Å². The second-order valence-electron chi connectivity index (χ2n) is 7.48. The topological polar surface area (TPSA) is 97.3 Å². The number of aryl methyl sites for hydroxylation is 1. The first-order valence-electron chi connectivity index (χ1n) is 10.7. The molecular weight excluding hydrogens is 466 g/mol. The van der Waals surface area contributed by atoms with Gasteiger partial charge in [-0.3, -0.25) is 9.10 Å². The molecule has 0 saturated heterocycles. The van der Waals surface area contributed by atoms with E-state index in [4.69, 9.17) is 9.47 Å². The molecule has 0 aliphatic heterocycles. The van der Waals surface area contributed by atoms with Gasteiger partial charge in [0.25, 0.3) is 15.9 Å². The molecule has 0 aliphatic carbocycles. The van der Waals surface area contributed by atoms with Crippen molar-refractivity contribution in [3.63, 3.8) is 0 Å². The van der Waals surface area contributed by atoms with E-state index in [2.05, 4.69) is 17.1 Å². The molecule has 182 valence electrons. The number of nitrogens with one attached hydrogen (secondary N) is 1. The quantitative estimate of drug-likeness (QED) is 0.248. The van der Waals surface area contributed by atoms with Gasteiger partial charge in [0, 0.05) is 0 Å². The standard InChI is InChI=1S/C26H27N3O5S/c1-4-17-34-24-11-7-21(8-12-24)18-27-28-26(30)19-29(22-9-5-20(2)6-10-22)35(31,32)25-15-13-23(33-3)14-16-25/h4-16,18H,1,17,19H2,2-3H3,(H,28,30)/b27-18-. The summed E-state index contributed by atoms with van der Waals surface area (Å²) in [6.07, 6.45) is 3.11. The minimum Gasteiger partial charge on any atom is -0.497 e. The lowest BCUT2D eigenvalue weighted by Crippen LogP contribution is -2.39. The highest BCUT2D eigenvalue weighted by Crippen LogP contribution is 2.25. The van der Waals surface area contributed by atoms with Gasteiger partial charge in [0.1, 0.15) is 24.7 Å². The normalized spacial score (nSPS) is 11.1. The van der Waals surface area contributed by atoms with Gasteiger partial charge in [-0.2, -0.15) is 5.10 Å². The number of anilines is 1. The number of hydrazone groups is 1. The third kappa shape index (κ3) is 6.94. The highest BCUT2D eigenvalue weighted by Gasteiger charge is 2.27. The molecule has 3 aromatic carbocycles. The van der Waals surface area contributed by atoms with Crippen LogP contribution in [0.3, 0.4) is 0 Å². The van der Waals surface area contributed by atoms with Crippen LogP contribution in [0.1, 0.15) is 11.1 Å². The van der Waals surface area contributed by atoms with Gasteiger partial charge in [-0.15, -0.1) is 0 Å². The van der Waals surface area contributed by atoms with Crippen molar-refractivity contribution in [3.05, 3.63) is 96.6 Å². The summed E-state index contributed by atoms with van der Waals surface area (Å²) in [4.78, 5) is 12.7. The molecule has 0 fully saturated rings. The molecule has 0 unspecified atom stereocenters. The number of nitrogens with zero attached hydrogens (tertiary/aromatic N) is 2. The molecule has 0 bridgehead atoms. The molecule has 3 rings (SSSR count). The van der Waals surface area contributed by atoms with E-state index in [0.717, 1.165) is 15.4 Å². The summed E-state index contributed by atoms with van der Waals surface area (Å²) in [7, 11) is -2.53. The van der Waals surface area contributed by atoms with Gasteiger partial charge in [-0.25, -0.2) is 13.8 Å². The highest BCUT2D eigenvalue weighted by atomic mass is 32.2. The zero-order valence-corrected chi connectivity index (χ0v) is 20.4. The van der Waals surface area contributed by atoms with Crippen molar-refractivity contribution in [1.29, 1.82) is 0 Å². The van der Waals surface area contributed by atoms with Gasteiger partial charge in [-0.05, 0) is 73.2 Å². The van der Waals surface area contributed by atoms with E-state index in [-0.39, 0.29) is 4.90 Å². The summed E-state index contributed by atoms with van der Waals surface area (Å²) in [5.74, 6) is 0.617. The molecule has 0 heterocycles. The van der Waals surface area contributed by atoms with Crippen LogP contribution in [0, 0.1) is 6.92 Å². The van der Waals surface area contributed by atoms with E-state index < -0.39 is 22.5 Å². The second kappa shape index (κ2) is 11.8. The molecule has 3 aromatic rings. The predicted octanol–water partition coefficient (Wildman–Crippen LogP) is 3.91. The van der Waals surface area contributed by atoms with Crippen LogP contribution >= 0.6 is 0 Å². The molecule has 8 nitrogen and oxygen atoms in total. The molecule has 1 N–H and O–H groups in total. The monoisotopic (exact) mass is 493 g/mol. The number of hydrogen-bond acceptors (Lipinski definition) is 6. The average molecular weight is 494 g/mol. The van der Waals surface area contributed by atoms with Crippen LogP contribution in [0.15, 0.2) is 95.4 Å². The van der Waals surface area contributed by atoms with Crippen LogP contribution in [-0.2, 0) is 14.8 Å². The summed E-state index contributed by atoms with van der Waals surface area (Å²) in [5, 5.41) is 3.95. The second-order valence-corrected chi connectivity index (χ2v) is 9.35. The molecule has 0 atom stereocenters. The van der Waals surface area contributed by atoms with Gasteiger partial charge >= 0.3 is 0 Å². The van der Waals surface area contributed by atoms with Gasteiger partial charge in [-0.1, -0.05) is 30.4 Å². The van der Waals surface area contributed by atoms with E-state index in [1.165, 1.54) is 25.5 Å². The predicted molar refractivity (Wildman–Crippen MR) is 137 cm³/mol. The van der Waals surface area contributed by atoms with E-state index in [1.54, 1.807) is 66.7 Å². The Labute approximate surface area is 205 Å². The molecule has 0 saturated carbocycles. The van der Waals surface area contributed by atoms with Crippen LogP contribution < -0.4 is 19.2 Å². The molecule has 35 heavy (non-hydrogen) atoms. The lowest BCUT2D eigenvalue weighted by atomic mass is 10.2. The van der Waals surface area contributed by atoms with Gasteiger partial charge in [0.05, 0.1) is 23.9 Å². The van der Waals surface area contributed by atoms with Crippen molar-refractivity contribution in [2.24, 2.45) is 5.10 Å². The van der Waals surface area contributed by atoms with Crippen LogP contribution in [-0.4, -0.2) is 40.8 Å². The Balaban J connectivity index is 1.75. The molecule has 0 spiro atoms. The molecule has 1 amide bonds. The lowest BCUT2D eigenvalue weighted by molar-refractivity contribution is -0.119. The van der Waals surface area contributed by atoms with Crippen molar-refractivity contribution in [2.75, 3.05) is 24.6 Å². The Bertz CT molecular complexity index is 1270. The smallest absolute Gasteiger partial charge is 0.264 e. The molecule has 0 aliphatic rings. The number of hydrogen-bond donors (Lipinski definition) is 1. The zero-order valence-electron chi connectivity index (χ0n) is 19.5. The first kappa shape index (κ1) is 25.5. The van der Waals surface area contributed by atoms with Crippen molar-refractivity contribution < 1.29 is 22.7 Å². The van der Waals surface area contributed by atoms with Crippen LogP contribution in [0.25, 0.3) is 0 Å². The first-order chi connectivity index (χ1) is 16.8. The van der Waals surface area contributed by atoms with Crippen LogP contribution in [0.4, 0.5) is 5.69 Å². The SMILES string of the molecule is C=CCOc1ccc(/C=N\NC(=O)CN(c2ccc(C)cc2)S(=O)(=O)c2ccc(OC)cc2)cc1. The van der Waals surface area contributed by atoms with Crippen molar-refractivity contribution in [2.45, 2.75) is 11.8 Å². The minimum atomic E-state index is -4.03. The first-order valence-corrected chi connectivity index (χ1v) is 12.2.